The molecule has 3 aromatic carbocycles. The number of hydrogen-bond donors (Lipinski definition) is 1. The van der Waals surface area contributed by atoms with E-state index in [2.05, 4.69) is 48.1 Å². The number of nitrogens with zero attached hydrogens (tertiary/aromatic N) is 3. The van der Waals surface area contributed by atoms with Crippen molar-refractivity contribution >= 4 is 42.9 Å². The van der Waals surface area contributed by atoms with E-state index in [4.69, 9.17) is 14.5 Å². The number of methoxy groups -OCH3 is 1. The number of halogens is 2. The zero-order valence-electron chi connectivity index (χ0n) is 19.5. The number of nitrogens with one attached hydrogen (secondary N) is 1. The molecule has 0 aliphatic rings. The van der Waals surface area contributed by atoms with Gasteiger partial charge in [-0.05, 0) is 48.9 Å². The van der Waals surface area contributed by atoms with Gasteiger partial charge in [0.25, 0.3) is 0 Å². The molecule has 0 amide bonds. The number of aromatic nitrogens is 3. The third-order valence-corrected chi connectivity index (χ3v) is 6.87. The van der Waals surface area contributed by atoms with Crippen LogP contribution in [0, 0.1) is 11.3 Å². The van der Waals surface area contributed by atoms with Crippen LogP contribution >= 0.6 is 31.9 Å². The molecule has 2 aromatic heterocycles. The summed E-state index contributed by atoms with van der Waals surface area (Å²) in [4.78, 5) is 4.84. The van der Waals surface area contributed by atoms with Crippen LogP contribution in [0.1, 0.15) is 12.5 Å². The van der Waals surface area contributed by atoms with Gasteiger partial charge in [-0.1, -0.05) is 62.2 Å². The second-order valence-corrected chi connectivity index (χ2v) is 9.76. The van der Waals surface area contributed by atoms with Gasteiger partial charge in [-0.25, -0.2) is 4.98 Å². The van der Waals surface area contributed by atoms with Gasteiger partial charge in [0.15, 0.2) is 17.1 Å². The van der Waals surface area contributed by atoms with Crippen molar-refractivity contribution in [3.05, 3.63) is 81.2 Å². The van der Waals surface area contributed by atoms with Crippen molar-refractivity contribution in [2.24, 2.45) is 0 Å². The third-order valence-electron chi connectivity index (χ3n) is 5.82. The van der Waals surface area contributed by atoms with Gasteiger partial charge in [0.2, 0.25) is 0 Å². The molecule has 0 aliphatic heterocycles. The highest BCUT2D eigenvalue weighted by Crippen LogP contribution is 2.42. The molecule has 2 heterocycles. The zero-order chi connectivity index (χ0) is 25.2. The first-order chi connectivity index (χ1) is 17.5. The second-order valence-electron chi connectivity index (χ2n) is 7.93. The van der Waals surface area contributed by atoms with Gasteiger partial charge in [-0.2, -0.15) is 10.4 Å². The van der Waals surface area contributed by atoms with Gasteiger partial charge in [-0.15, -0.1) is 0 Å². The van der Waals surface area contributed by atoms with Gasteiger partial charge in [0, 0.05) is 25.6 Å². The fraction of sp³-hybridized carbons (Fsp3) is 0.107. The average molecular weight is 604 g/mol. The number of fused-ring (bicyclic) bond motifs is 1. The first kappa shape index (κ1) is 24.0. The summed E-state index contributed by atoms with van der Waals surface area (Å²) in [5, 5.41) is 18.9. The normalized spacial score (nSPS) is 10.9. The molecule has 0 bridgehead atoms. The van der Waals surface area contributed by atoms with Gasteiger partial charge >= 0.3 is 0 Å². The maximum Gasteiger partial charge on any atom is 0.182 e. The third kappa shape index (κ3) is 4.36. The number of benzene rings is 3. The monoisotopic (exact) mass is 602 g/mol. The highest BCUT2D eigenvalue weighted by Gasteiger charge is 2.24. The summed E-state index contributed by atoms with van der Waals surface area (Å²) in [6.07, 6.45) is 0. The summed E-state index contributed by atoms with van der Waals surface area (Å²) in [7, 11) is 1.60. The predicted molar refractivity (Wildman–Crippen MR) is 148 cm³/mol. The Bertz CT molecular complexity index is 1600. The number of H-pyrrole nitrogens is 1. The minimum Gasteiger partial charge on any atom is -0.493 e. The molecule has 5 rings (SSSR count). The first-order valence-corrected chi connectivity index (χ1v) is 12.8. The van der Waals surface area contributed by atoms with Crippen molar-refractivity contribution in [2.75, 3.05) is 13.7 Å². The molecular formula is C28H20Br2N4O2. The van der Waals surface area contributed by atoms with Gasteiger partial charge in [0.1, 0.15) is 6.07 Å². The fourth-order valence-corrected chi connectivity index (χ4v) is 4.72. The van der Waals surface area contributed by atoms with E-state index in [1.165, 1.54) is 0 Å². The first-order valence-electron chi connectivity index (χ1n) is 11.2. The summed E-state index contributed by atoms with van der Waals surface area (Å²) >= 11 is 6.98. The lowest BCUT2D eigenvalue weighted by molar-refractivity contribution is 0.311. The molecule has 0 atom stereocenters. The SMILES string of the molecule is CCOc1ccc(-c2c(C#N)c(-c3ccc(Br)cc3)nc3n[nH]c(-c4ccc(Br)cc4)c23)cc1OC. The van der Waals surface area contributed by atoms with E-state index in [9.17, 15) is 5.26 Å². The summed E-state index contributed by atoms with van der Waals surface area (Å²) in [6, 6.07) is 23.8. The molecular weight excluding hydrogens is 584 g/mol. The molecule has 5 aromatic rings. The van der Waals surface area contributed by atoms with Crippen molar-refractivity contribution in [1.29, 1.82) is 5.26 Å². The smallest absolute Gasteiger partial charge is 0.182 e. The van der Waals surface area contributed by atoms with E-state index < -0.39 is 0 Å². The van der Waals surface area contributed by atoms with E-state index in [-0.39, 0.29) is 0 Å². The quantitative estimate of drug-likeness (QED) is 0.214. The second kappa shape index (κ2) is 10.1. The van der Waals surface area contributed by atoms with Crippen LogP contribution in [0.25, 0.3) is 44.7 Å². The van der Waals surface area contributed by atoms with E-state index in [0.29, 0.717) is 35.0 Å². The molecule has 0 aliphatic carbocycles. The standard InChI is InChI=1S/C28H20Br2N4O2/c1-3-36-22-13-8-18(14-23(22)35-2)24-21(15-31)26(16-4-9-19(29)10-5-16)32-28-25(24)27(33-34-28)17-6-11-20(30)12-7-17/h4-14H,3H2,1-2H3,(H,32,33,34). The number of nitriles is 1. The van der Waals surface area contributed by atoms with Crippen LogP contribution in [0.4, 0.5) is 0 Å². The minimum atomic E-state index is 0.454. The van der Waals surface area contributed by atoms with Crippen LogP contribution < -0.4 is 9.47 Å². The Kier molecular flexibility index (Phi) is 6.77. The van der Waals surface area contributed by atoms with Gasteiger partial charge in [0.05, 0.1) is 36.1 Å². The van der Waals surface area contributed by atoms with Gasteiger partial charge in [-0.3, -0.25) is 5.10 Å². The minimum absolute atomic E-state index is 0.454. The lowest BCUT2D eigenvalue weighted by Crippen LogP contribution is -1.98. The lowest BCUT2D eigenvalue weighted by atomic mass is 9.92. The van der Waals surface area contributed by atoms with Crippen molar-refractivity contribution < 1.29 is 9.47 Å². The maximum atomic E-state index is 10.4. The summed E-state index contributed by atoms with van der Waals surface area (Å²) in [5.41, 5.74) is 5.61. The van der Waals surface area contributed by atoms with Crippen LogP contribution in [0.5, 0.6) is 11.5 Å². The van der Waals surface area contributed by atoms with Crippen LogP contribution in [0.3, 0.4) is 0 Å². The van der Waals surface area contributed by atoms with Crippen molar-refractivity contribution in [3.8, 4) is 51.2 Å². The van der Waals surface area contributed by atoms with Crippen molar-refractivity contribution in [1.82, 2.24) is 15.2 Å². The summed E-state index contributed by atoms with van der Waals surface area (Å²) in [6.45, 7) is 2.44. The van der Waals surface area contributed by atoms with Crippen LogP contribution in [-0.2, 0) is 0 Å². The highest BCUT2D eigenvalue weighted by molar-refractivity contribution is 9.10. The molecule has 0 fully saturated rings. The topological polar surface area (TPSA) is 83.8 Å². The number of hydrogen-bond acceptors (Lipinski definition) is 5. The molecule has 1 N–H and O–H groups in total. The van der Waals surface area contributed by atoms with Crippen LogP contribution in [-0.4, -0.2) is 28.9 Å². The maximum absolute atomic E-state index is 10.4. The fourth-order valence-electron chi connectivity index (χ4n) is 4.19. The van der Waals surface area contributed by atoms with Crippen molar-refractivity contribution in [3.63, 3.8) is 0 Å². The number of aromatic amines is 1. The lowest BCUT2D eigenvalue weighted by Gasteiger charge is -2.15. The predicted octanol–water partition coefficient (Wildman–Crippen LogP) is 7.76. The Morgan fingerprint density at radius 3 is 2.14 bits per heavy atom. The molecule has 178 valence electrons. The van der Waals surface area contributed by atoms with Gasteiger partial charge < -0.3 is 9.47 Å². The molecule has 0 spiro atoms. The zero-order valence-corrected chi connectivity index (χ0v) is 22.6. The summed E-state index contributed by atoms with van der Waals surface area (Å²) < 4.78 is 13.3. The van der Waals surface area contributed by atoms with Crippen LogP contribution in [0.2, 0.25) is 0 Å². The Labute approximate surface area is 225 Å². The number of ether oxygens (including phenoxy) is 2. The molecule has 0 unspecified atom stereocenters. The Morgan fingerprint density at radius 2 is 1.53 bits per heavy atom. The number of pyridine rings is 1. The Morgan fingerprint density at radius 1 is 0.889 bits per heavy atom. The summed E-state index contributed by atoms with van der Waals surface area (Å²) in [5.74, 6) is 1.23. The average Bonchev–Trinajstić information content (AvgIpc) is 3.32. The van der Waals surface area contributed by atoms with E-state index in [1.807, 2.05) is 73.7 Å². The Balaban J connectivity index is 1.86. The molecule has 0 saturated heterocycles. The molecule has 0 saturated carbocycles. The molecule has 6 nitrogen and oxygen atoms in total. The van der Waals surface area contributed by atoms with E-state index in [1.54, 1.807) is 7.11 Å². The largest absolute Gasteiger partial charge is 0.493 e. The van der Waals surface area contributed by atoms with Crippen LogP contribution in [0.15, 0.2) is 75.7 Å². The van der Waals surface area contributed by atoms with E-state index >= 15 is 0 Å². The van der Waals surface area contributed by atoms with Crippen molar-refractivity contribution in [2.45, 2.75) is 6.92 Å². The molecule has 0 radical (unpaired) electrons. The molecule has 8 heteroatoms. The number of rotatable bonds is 6. The Hall–Kier alpha value is -3.67. The highest BCUT2D eigenvalue weighted by atomic mass is 79.9. The van der Waals surface area contributed by atoms with E-state index in [0.717, 1.165) is 42.3 Å². The molecule has 36 heavy (non-hydrogen) atoms.